The van der Waals surface area contributed by atoms with Crippen LogP contribution < -0.4 is 0 Å². The van der Waals surface area contributed by atoms with Crippen LogP contribution in [0.1, 0.15) is 5.56 Å². The molecule has 0 atom stereocenters. The number of thiol groups is 1. The molecule has 0 spiro atoms. The fourth-order valence-corrected chi connectivity index (χ4v) is 1.61. The molecule has 0 unspecified atom stereocenters. The third-order valence-corrected chi connectivity index (χ3v) is 2.73. The van der Waals surface area contributed by atoms with E-state index in [0.29, 0.717) is 0 Å². The van der Waals surface area contributed by atoms with Gasteiger partial charge in [0.1, 0.15) is 0 Å². The minimum atomic E-state index is 0.728. The van der Waals surface area contributed by atoms with E-state index in [0.717, 1.165) is 21.2 Å². The Kier molecular flexibility index (Phi) is 3.65. The van der Waals surface area contributed by atoms with Crippen LogP contribution in [0.3, 0.4) is 0 Å². The van der Waals surface area contributed by atoms with Gasteiger partial charge in [-0.2, -0.15) is 0 Å². The largest absolute Gasteiger partial charge is 0.255 e. The summed E-state index contributed by atoms with van der Waals surface area (Å²) in [5, 5.41) is 0.728. The second-order valence-corrected chi connectivity index (χ2v) is 4.22. The first-order valence-electron chi connectivity index (χ1n) is 4.83. The predicted molar refractivity (Wildman–Crippen MR) is 72.4 cm³/mol. The number of hydrogen-bond acceptors (Lipinski definition) is 2. The molecule has 0 heterocycles. The quantitative estimate of drug-likeness (QED) is 0.597. The minimum Gasteiger partial charge on any atom is -0.255 e. The Bertz CT molecular complexity index is 506. The van der Waals surface area contributed by atoms with Crippen LogP contribution in [0.2, 0.25) is 5.02 Å². The van der Waals surface area contributed by atoms with Crippen LogP contribution in [0.15, 0.2) is 58.4 Å². The van der Waals surface area contributed by atoms with Crippen LogP contribution in [0.25, 0.3) is 0 Å². The van der Waals surface area contributed by atoms with Crippen molar-refractivity contribution >= 4 is 36.1 Å². The molecule has 2 aromatic carbocycles. The first-order valence-corrected chi connectivity index (χ1v) is 5.66. The molecule has 2 rings (SSSR count). The molecule has 0 aliphatic rings. The number of hydrogen-bond donors (Lipinski definition) is 1. The Morgan fingerprint density at radius 1 is 1.00 bits per heavy atom. The number of nitrogens with zero attached hydrogens (tertiary/aromatic N) is 1. The number of rotatable bonds is 2. The maximum Gasteiger partial charge on any atom is 0.0763 e. The Morgan fingerprint density at radius 3 is 2.38 bits per heavy atom. The van der Waals surface area contributed by atoms with E-state index >= 15 is 0 Å². The lowest BCUT2D eigenvalue weighted by Gasteiger charge is -1.97. The predicted octanol–water partition coefficient (Wildman–Crippen LogP) is 4.38. The highest BCUT2D eigenvalue weighted by Gasteiger charge is 1.93. The second-order valence-electron chi connectivity index (χ2n) is 3.30. The molecule has 0 aromatic heterocycles. The topological polar surface area (TPSA) is 12.4 Å². The Labute approximate surface area is 105 Å². The van der Waals surface area contributed by atoms with E-state index in [-0.39, 0.29) is 0 Å². The molecule has 0 amide bonds. The molecule has 0 fully saturated rings. The van der Waals surface area contributed by atoms with Gasteiger partial charge in [0.2, 0.25) is 0 Å². The summed E-state index contributed by atoms with van der Waals surface area (Å²) in [6.45, 7) is 0. The number of para-hydroxylation sites is 1. The summed E-state index contributed by atoms with van der Waals surface area (Å²) in [5.41, 5.74) is 1.88. The molecule has 0 aliphatic heterocycles. The highest BCUT2D eigenvalue weighted by Crippen LogP contribution is 2.21. The first-order chi connectivity index (χ1) is 7.75. The van der Waals surface area contributed by atoms with Crippen LogP contribution >= 0.6 is 24.2 Å². The van der Waals surface area contributed by atoms with Gasteiger partial charge in [0.15, 0.2) is 0 Å². The number of benzene rings is 2. The van der Waals surface area contributed by atoms with Crippen molar-refractivity contribution in [1.29, 1.82) is 0 Å². The molecule has 3 heteroatoms. The van der Waals surface area contributed by atoms with E-state index in [1.165, 1.54) is 0 Å². The van der Waals surface area contributed by atoms with Crippen molar-refractivity contribution in [1.82, 2.24) is 0 Å². The standard InChI is InChI=1S/C13H10ClNS/c14-11-7-5-10(6-8-11)9-15-12-3-1-2-4-13(12)16/h1-9,16H. The summed E-state index contributed by atoms with van der Waals surface area (Å²) in [4.78, 5) is 5.23. The maximum atomic E-state index is 5.80. The average Bonchev–Trinajstić information content (AvgIpc) is 2.30. The monoisotopic (exact) mass is 247 g/mol. The van der Waals surface area contributed by atoms with Crippen LogP contribution in [-0.2, 0) is 0 Å². The van der Waals surface area contributed by atoms with Gasteiger partial charge in [0.05, 0.1) is 5.69 Å². The van der Waals surface area contributed by atoms with Gasteiger partial charge >= 0.3 is 0 Å². The van der Waals surface area contributed by atoms with E-state index < -0.39 is 0 Å². The smallest absolute Gasteiger partial charge is 0.0763 e. The lowest BCUT2D eigenvalue weighted by atomic mass is 10.2. The highest BCUT2D eigenvalue weighted by molar-refractivity contribution is 7.80. The molecule has 16 heavy (non-hydrogen) atoms. The Hall–Kier alpha value is -1.25. The third-order valence-electron chi connectivity index (χ3n) is 2.10. The van der Waals surface area contributed by atoms with Crippen LogP contribution in [-0.4, -0.2) is 6.21 Å². The zero-order valence-corrected chi connectivity index (χ0v) is 10.1. The summed E-state index contributed by atoms with van der Waals surface area (Å²) in [5.74, 6) is 0. The average molecular weight is 248 g/mol. The normalized spacial score (nSPS) is 10.9. The third kappa shape index (κ3) is 2.87. The van der Waals surface area contributed by atoms with Gasteiger partial charge in [0, 0.05) is 16.1 Å². The molecular weight excluding hydrogens is 238 g/mol. The first kappa shape index (κ1) is 11.2. The van der Waals surface area contributed by atoms with Crippen LogP contribution in [0.5, 0.6) is 0 Å². The summed E-state index contributed by atoms with van der Waals surface area (Å²) < 4.78 is 0. The van der Waals surface area contributed by atoms with Crippen molar-refractivity contribution in [2.45, 2.75) is 4.90 Å². The van der Waals surface area contributed by atoms with E-state index in [9.17, 15) is 0 Å². The Balaban J connectivity index is 2.21. The summed E-state index contributed by atoms with van der Waals surface area (Å²) in [6, 6.07) is 15.2. The van der Waals surface area contributed by atoms with Gasteiger partial charge in [0.25, 0.3) is 0 Å². The van der Waals surface area contributed by atoms with E-state index in [1.54, 1.807) is 6.21 Å². The second kappa shape index (κ2) is 5.19. The van der Waals surface area contributed by atoms with Crippen molar-refractivity contribution in [3.63, 3.8) is 0 Å². The molecule has 0 saturated carbocycles. The molecule has 1 nitrogen and oxygen atoms in total. The van der Waals surface area contributed by atoms with E-state index in [1.807, 2.05) is 48.5 Å². The van der Waals surface area contributed by atoms with Gasteiger partial charge < -0.3 is 0 Å². The lowest BCUT2D eigenvalue weighted by Crippen LogP contribution is -1.79. The van der Waals surface area contributed by atoms with Crippen molar-refractivity contribution < 1.29 is 0 Å². The SMILES string of the molecule is Sc1ccccc1N=Cc1ccc(Cl)cc1. The van der Waals surface area contributed by atoms with Gasteiger partial charge in [-0.1, -0.05) is 35.9 Å². The molecule has 0 aliphatic carbocycles. The summed E-state index contributed by atoms with van der Waals surface area (Å²) in [7, 11) is 0. The van der Waals surface area contributed by atoms with Crippen LogP contribution in [0, 0.1) is 0 Å². The molecular formula is C13H10ClNS. The Morgan fingerprint density at radius 2 is 1.69 bits per heavy atom. The van der Waals surface area contributed by atoms with Gasteiger partial charge in [-0.25, -0.2) is 0 Å². The lowest BCUT2D eigenvalue weighted by molar-refractivity contribution is 1.39. The van der Waals surface area contributed by atoms with E-state index in [4.69, 9.17) is 11.6 Å². The van der Waals surface area contributed by atoms with Crippen molar-refractivity contribution in [3.05, 3.63) is 59.1 Å². The fraction of sp³-hybridized carbons (Fsp3) is 0. The maximum absolute atomic E-state index is 5.80. The van der Waals surface area contributed by atoms with Crippen LogP contribution in [0.4, 0.5) is 5.69 Å². The summed E-state index contributed by atoms with van der Waals surface area (Å²) in [6.07, 6.45) is 1.80. The fourth-order valence-electron chi connectivity index (χ4n) is 1.27. The van der Waals surface area contributed by atoms with Crippen molar-refractivity contribution in [3.8, 4) is 0 Å². The van der Waals surface area contributed by atoms with Gasteiger partial charge in [-0.15, -0.1) is 12.6 Å². The number of halogens is 1. The highest BCUT2D eigenvalue weighted by atomic mass is 35.5. The van der Waals surface area contributed by atoms with Crippen molar-refractivity contribution in [2.24, 2.45) is 4.99 Å². The molecule has 0 saturated heterocycles. The number of aliphatic imine (C=N–C) groups is 1. The van der Waals surface area contributed by atoms with Crippen molar-refractivity contribution in [2.75, 3.05) is 0 Å². The zero-order valence-electron chi connectivity index (χ0n) is 8.47. The molecule has 0 bridgehead atoms. The summed E-state index contributed by atoms with van der Waals surface area (Å²) >= 11 is 10.1. The zero-order chi connectivity index (χ0) is 11.4. The molecule has 80 valence electrons. The molecule has 2 aromatic rings. The molecule has 0 radical (unpaired) electrons. The minimum absolute atomic E-state index is 0.728. The van der Waals surface area contributed by atoms with Gasteiger partial charge in [-0.3, -0.25) is 4.99 Å². The van der Waals surface area contributed by atoms with Gasteiger partial charge in [-0.05, 0) is 29.8 Å². The van der Waals surface area contributed by atoms with E-state index in [2.05, 4.69) is 17.6 Å². The molecule has 0 N–H and O–H groups in total.